The molecule has 0 saturated carbocycles. The van der Waals surface area contributed by atoms with Crippen molar-refractivity contribution in [3.05, 3.63) is 64.1 Å². The van der Waals surface area contributed by atoms with E-state index in [1.165, 1.54) is 16.7 Å². The number of nitrogens with zero attached hydrogens (tertiary/aromatic N) is 2. The van der Waals surface area contributed by atoms with E-state index in [2.05, 4.69) is 0 Å². The van der Waals surface area contributed by atoms with Gasteiger partial charge in [0.2, 0.25) is 10.0 Å². The normalized spacial score (nSPS) is 18.6. The van der Waals surface area contributed by atoms with Crippen molar-refractivity contribution in [1.29, 1.82) is 0 Å². The van der Waals surface area contributed by atoms with Crippen molar-refractivity contribution in [2.24, 2.45) is 7.05 Å². The summed E-state index contributed by atoms with van der Waals surface area (Å²) < 4.78 is 34.5. The van der Waals surface area contributed by atoms with Crippen LogP contribution >= 0.6 is 0 Å². The fourth-order valence-electron chi connectivity index (χ4n) is 3.65. The first-order chi connectivity index (χ1) is 12.4. The van der Waals surface area contributed by atoms with Crippen molar-refractivity contribution in [1.82, 2.24) is 8.87 Å². The minimum absolute atomic E-state index is 0.152. The molecule has 0 unspecified atom stereocenters. The van der Waals surface area contributed by atoms with Crippen molar-refractivity contribution in [2.45, 2.75) is 30.7 Å². The van der Waals surface area contributed by atoms with Gasteiger partial charge in [0.25, 0.3) is 0 Å². The summed E-state index contributed by atoms with van der Waals surface area (Å²) in [5.74, 6) is -0.506. The first-order valence-corrected chi connectivity index (χ1v) is 10.00. The fourth-order valence-corrected chi connectivity index (χ4v) is 5.35. The smallest absolute Gasteiger partial charge is 0.408 e. The van der Waals surface area contributed by atoms with Crippen LogP contribution in [0.25, 0.3) is 11.1 Å². The molecule has 26 heavy (non-hydrogen) atoms. The van der Waals surface area contributed by atoms with Gasteiger partial charge >= 0.3 is 5.76 Å². The second-order valence-corrected chi connectivity index (χ2v) is 8.63. The zero-order valence-electron chi connectivity index (χ0n) is 14.7. The van der Waals surface area contributed by atoms with Crippen LogP contribution in [0.1, 0.15) is 30.0 Å². The molecule has 3 aromatic rings. The molecule has 1 aliphatic rings. The summed E-state index contributed by atoms with van der Waals surface area (Å²) in [6.07, 6.45) is 1.62. The molecule has 1 saturated heterocycles. The van der Waals surface area contributed by atoms with Gasteiger partial charge in [0.05, 0.1) is 16.5 Å². The van der Waals surface area contributed by atoms with E-state index in [0.29, 0.717) is 12.1 Å². The first-order valence-electron chi connectivity index (χ1n) is 8.56. The van der Waals surface area contributed by atoms with Crippen LogP contribution in [0.2, 0.25) is 0 Å². The van der Waals surface area contributed by atoms with Crippen LogP contribution in [-0.4, -0.2) is 23.8 Å². The maximum absolute atomic E-state index is 13.2. The number of benzene rings is 2. The summed E-state index contributed by atoms with van der Waals surface area (Å²) in [7, 11) is -2.09. The largest absolute Gasteiger partial charge is 0.419 e. The number of aromatic nitrogens is 1. The van der Waals surface area contributed by atoms with Gasteiger partial charge in [0, 0.05) is 19.7 Å². The lowest BCUT2D eigenvalue weighted by Crippen LogP contribution is -2.30. The predicted octanol–water partition coefficient (Wildman–Crippen LogP) is 2.97. The third-order valence-electron chi connectivity index (χ3n) is 5.00. The van der Waals surface area contributed by atoms with Gasteiger partial charge in [-0.3, -0.25) is 4.57 Å². The molecule has 136 valence electrons. The molecule has 1 aromatic heterocycles. The van der Waals surface area contributed by atoms with Gasteiger partial charge in [-0.2, -0.15) is 4.31 Å². The Labute approximate surface area is 151 Å². The molecule has 2 heterocycles. The molecule has 6 nitrogen and oxygen atoms in total. The van der Waals surface area contributed by atoms with Crippen LogP contribution in [0.15, 0.2) is 56.6 Å². The van der Waals surface area contributed by atoms with E-state index >= 15 is 0 Å². The van der Waals surface area contributed by atoms with Crippen LogP contribution in [0.5, 0.6) is 0 Å². The van der Waals surface area contributed by atoms with Gasteiger partial charge in [-0.15, -0.1) is 0 Å². The van der Waals surface area contributed by atoms with Gasteiger partial charge in [-0.25, -0.2) is 13.2 Å². The Morgan fingerprint density at radius 3 is 2.73 bits per heavy atom. The van der Waals surface area contributed by atoms with E-state index in [1.54, 1.807) is 17.4 Å². The third kappa shape index (κ3) is 2.68. The molecule has 0 aliphatic carbocycles. The highest BCUT2D eigenvalue weighted by molar-refractivity contribution is 7.89. The molecule has 4 rings (SSSR count). The lowest BCUT2D eigenvalue weighted by atomic mass is 10.0. The number of rotatable bonds is 3. The van der Waals surface area contributed by atoms with Crippen LogP contribution in [0.4, 0.5) is 0 Å². The molecule has 0 spiro atoms. The maximum Gasteiger partial charge on any atom is 0.419 e. The zero-order chi connectivity index (χ0) is 18.5. The van der Waals surface area contributed by atoms with Gasteiger partial charge in [0.15, 0.2) is 5.58 Å². The van der Waals surface area contributed by atoms with Gasteiger partial charge < -0.3 is 4.42 Å². The van der Waals surface area contributed by atoms with Crippen molar-refractivity contribution >= 4 is 21.1 Å². The Morgan fingerprint density at radius 2 is 1.96 bits per heavy atom. The second-order valence-electron chi connectivity index (χ2n) is 6.74. The predicted molar refractivity (Wildman–Crippen MR) is 98.5 cm³/mol. The van der Waals surface area contributed by atoms with Crippen LogP contribution in [0.3, 0.4) is 0 Å². The summed E-state index contributed by atoms with van der Waals surface area (Å²) in [5.41, 5.74) is 2.98. The molecule has 0 amide bonds. The summed E-state index contributed by atoms with van der Waals surface area (Å²) in [4.78, 5) is 11.8. The maximum atomic E-state index is 13.2. The van der Waals surface area contributed by atoms with E-state index < -0.39 is 15.8 Å². The zero-order valence-corrected chi connectivity index (χ0v) is 15.5. The molecule has 1 aliphatic heterocycles. The highest BCUT2D eigenvalue weighted by Gasteiger charge is 2.36. The minimum atomic E-state index is -3.68. The van der Waals surface area contributed by atoms with Crippen LogP contribution in [0, 0.1) is 6.92 Å². The van der Waals surface area contributed by atoms with Gasteiger partial charge in [0.1, 0.15) is 0 Å². The first kappa shape index (κ1) is 17.1. The monoisotopic (exact) mass is 372 g/mol. The fraction of sp³-hybridized carbons (Fsp3) is 0.316. The van der Waals surface area contributed by atoms with Crippen molar-refractivity contribution in [3.63, 3.8) is 0 Å². The molecular formula is C19H20N2O4S. The van der Waals surface area contributed by atoms with E-state index in [4.69, 9.17) is 4.42 Å². The van der Waals surface area contributed by atoms with Crippen LogP contribution in [-0.2, 0) is 17.1 Å². The summed E-state index contributed by atoms with van der Waals surface area (Å²) in [6, 6.07) is 12.4. The Bertz CT molecular complexity index is 1140. The number of hydrogen-bond acceptors (Lipinski definition) is 4. The van der Waals surface area contributed by atoms with Gasteiger partial charge in [-0.1, -0.05) is 29.8 Å². The average molecular weight is 372 g/mol. The van der Waals surface area contributed by atoms with Crippen molar-refractivity contribution in [2.75, 3.05) is 6.54 Å². The SMILES string of the molecule is Cc1cccc([C@@H]2CCCN2S(=O)(=O)c2ccc3c(c2)oc(=O)n3C)c1. The number of fused-ring (bicyclic) bond motifs is 1. The molecule has 2 aromatic carbocycles. The highest BCUT2D eigenvalue weighted by Crippen LogP contribution is 2.37. The van der Waals surface area contributed by atoms with E-state index in [-0.39, 0.29) is 16.5 Å². The Kier molecular flexibility index (Phi) is 4.00. The second kappa shape index (κ2) is 6.10. The van der Waals surface area contributed by atoms with Gasteiger partial charge in [-0.05, 0) is 37.5 Å². The molecule has 0 radical (unpaired) electrons. The Hall–Kier alpha value is -2.38. The third-order valence-corrected chi connectivity index (χ3v) is 6.91. The average Bonchev–Trinajstić information content (AvgIpc) is 3.21. The van der Waals surface area contributed by atoms with E-state index in [9.17, 15) is 13.2 Å². The molecule has 1 atom stereocenters. The number of sulfonamides is 1. The van der Waals surface area contributed by atoms with Crippen molar-refractivity contribution in [3.8, 4) is 0 Å². The quantitative estimate of drug-likeness (QED) is 0.709. The number of oxazole rings is 1. The lowest BCUT2D eigenvalue weighted by molar-refractivity contribution is 0.396. The summed E-state index contributed by atoms with van der Waals surface area (Å²) in [5, 5.41) is 0. The molecule has 0 bridgehead atoms. The highest BCUT2D eigenvalue weighted by atomic mass is 32.2. The van der Waals surface area contributed by atoms with Crippen LogP contribution < -0.4 is 5.76 Å². The van der Waals surface area contributed by atoms with E-state index in [1.807, 2.05) is 31.2 Å². The number of aryl methyl sites for hydroxylation is 2. The lowest BCUT2D eigenvalue weighted by Gasteiger charge is -2.24. The van der Waals surface area contributed by atoms with Crippen molar-refractivity contribution < 1.29 is 12.8 Å². The topological polar surface area (TPSA) is 72.5 Å². The molecule has 0 N–H and O–H groups in total. The minimum Gasteiger partial charge on any atom is -0.408 e. The standard InChI is InChI=1S/C19H20N2O4S/c1-13-5-3-6-14(11-13)16-7-4-10-21(16)26(23,24)15-8-9-17-18(12-15)25-19(22)20(17)2/h3,5-6,8-9,11-12,16H,4,7,10H2,1-2H3/t16-/m0/s1. The Morgan fingerprint density at radius 1 is 1.15 bits per heavy atom. The molecular weight excluding hydrogens is 352 g/mol. The van der Waals surface area contributed by atoms with E-state index in [0.717, 1.165) is 24.0 Å². The molecule has 7 heteroatoms. The molecule has 1 fully saturated rings. The summed E-state index contributed by atoms with van der Waals surface area (Å²) >= 11 is 0. The number of hydrogen-bond donors (Lipinski definition) is 0. The summed E-state index contributed by atoms with van der Waals surface area (Å²) in [6.45, 7) is 2.49. The Balaban J connectivity index is 1.77.